The fourth-order valence-electron chi connectivity index (χ4n) is 2.56. The van der Waals surface area contributed by atoms with E-state index in [4.69, 9.17) is 4.74 Å². The normalized spacial score (nSPS) is 11.8. The molecule has 0 aliphatic heterocycles. The van der Waals surface area contributed by atoms with Gasteiger partial charge in [0.15, 0.2) is 6.10 Å². The Morgan fingerprint density at radius 1 is 1.18 bits per heavy atom. The summed E-state index contributed by atoms with van der Waals surface area (Å²) in [5.74, 6) is -1.18. The second kappa shape index (κ2) is 8.43. The Labute approximate surface area is 159 Å². The molecule has 3 aromatic rings. The fourth-order valence-corrected chi connectivity index (χ4v) is 2.56. The lowest BCUT2D eigenvalue weighted by Crippen LogP contribution is -2.30. The highest BCUT2D eigenvalue weighted by molar-refractivity contribution is 5.95. The molecule has 0 spiro atoms. The smallest absolute Gasteiger partial charge is 0.307 e. The van der Waals surface area contributed by atoms with Crippen molar-refractivity contribution >= 4 is 28.5 Å². The van der Waals surface area contributed by atoms with Crippen LogP contribution in [0.15, 0.2) is 53.3 Å². The zero-order chi connectivity index (χ0) is 20.1. The number of aryl methyl sites for hydroxylation is 1. The summed E-state index contributed by atoms with van der Waals surface area (Å²) in [4.78, 5) is 43.0. The van der Waals surface area contributed by atoms with Crippen LogP contribution in [0.4, 0.5) is 10.1 Å². The molecular weight excluding hydrogens is 365 g/mol. The number of halogens is 1. The Morgan fingerprint density at radius 3 is 2.64 bits per heavy atom. The van der Waals surface area contributed by atoms with Crippen molar-refractivity contribution in [2.24, 2.45) is 0 Å². The van der Waals surface area contributed by atoms with Crippen LogP contribution in [-0.4, -0.2) is 27.9 Å². The Morgan fingerprint density at radius 2 is 1.89 bits per heavy atom. The van der Waals surface area contributed by atoms with Crippen molar-refractivity contribution in [2.75, 3.05) is 5.32 Å². The van der Waals surface area contributed by atoms with Gasteiger partial charge in [-0.2, -0.15) is 0 Å². The highest BCUT2D eigenvalue weighted by Gasteiger charge is 2.18. The molecule has 0 saturated heterocycles. The van der Waals surface area contributed by atoms with Crippen LogP contribution in [0.3, 0.4) is 0 Å². The van der Waals surface area contributed by atoms with Crippen molar-refractivity contribution in [1.29, 1.82) is 0 Å². The minimum absolute atomic E-state index is 0.0462. The number of benzene rings is 2. The maximum Gasteiger partial charge on any atom is 0.307 e. The van der Waals surface area contributed by atoms with Crippen molar-refractivity contribution in [3.63, 3.8) is 0 Å². The van der Waals surface area contributed by atoms with Gasteiger partial charge in [-0.05, 0) is 43.3 Å². The number of carbonyl (C=O) groups excluding carboxylic acids is 2. The molecule has 7 nitrogen and oxygen atoms in total. The van der Waals surface area contributed by atoms with E-state index in [0.717, 1.165) is 0 Å². The molecule has 0 saturated carbocycles. The largest absolute Gasteiger partial charge is 0.453 e. The second-order valence-corrected chi connectivity index (χ2v) is 6.16. The molecule has 0 aliphatic rings. The fraction of sp³-hybridized carbons (Fsp3) is 0.200. The van der Waals surface area contributed by atoms with E-state index >= 15 is 0 Å². The summed E-state index contributed by atoms with van der Waals surface area (Å²) < 4.78 is 18.0. The number of ether oxygens (including phenoxy) is 1. The zero-order valence-electron chi connectivity index (χ0n) is 15.1. The molecule has 144 valence electrons. The van der Waals surface area contributed by atoms with Crippen molar-refractivity contribution in [3.8, 4) is 0 Å². The van der Waals surface area contributed by atoms with Crippen LogP contribution in [0.25, 0.3) is 10.9 Å². The molecular formula is C20H18FN3O4. The number of nitrogens with zero attached hydrogens (tertiary/aromatic N) is 1. The topological polar surface area (TPSA) is 101 Å². The van der Waals surface area contributed by atoms with Gasteiger partial charge in [0, 0.05) is 12.1 Å². The molecule has 2 N–H and O–H groups in total. The van der Waals surface area contributed by atoms with E-state index in [2.05, 4.69) is 15.3 Å². The molecule has 28 heavy (non-hydrogen) atoms. The molecule has 2 aromatic carbocycles. The minimum atomic E-state index is -1.03. The molecule has 0 fully saturated rings. The van der Waals surface area contributed by atoms with Crippen molar-refractivity contribution < 1.29 is 18.7 Å². The first kappa shape index (κ1) is 19.2. The Bertz CT molecular complexity index is 1060. The van der Waals surface area contributed by atoms with Gasteiger partial charge in [0.2, 0.25) is 0 Å². The molecule has 1 amide bonds. The van der Waals surface area contributed by atoms with Crippen LogP contribution in [0.1, 0.15) is 19.2 Å². The molecule has 0 bridgehead atoms. The number of amides is 1. The quantitative estimate of drug-likeness (QED) is 0.637. The number of para-hydroxylation sites is 1. The first-order chi connectivity index (χ1) is 13.4. The van der Waals surface area contributed by atoms with Gasteiger partial charge in [-0.25, -0.2) is 9.37 Å². The third-order valence-electron chi connectivity index (χ3n) is 4.02. The van der Waals surface area contributed by atoms with Crippen molar-refractivity contribution in [2.45, 2.75) is 25.9 Å². The number of aromatic nitrogens is 2. The lowest BCUT2D eigenvalue weighted by atomic mass is 10.2. The number of nitrogens with one attached hydrogen (secondary N) is 2. The zero-order valence-corrected chi connectivity index (χ0v) is 15.1. The summed E-state index contributed by atoms with van der Waals surface area (Å²) >= 11 is 0. The van der Waals surface area contributed by atoms with Gasteiger partial charge in [0.25, 0.3) is 11.5 Å². The van der Waals surface area contributed by atoms with Gasteiger partial charge in [-0.1, -0.05) is 12.1 Å². The first-order valence-corrected chi connectivity index (χ1v) is 8.66. The first-order valence-electron chi connectivity index (χ1n) is 8.66. The van der Waals surface area contributed by atoms with Gasteiger partial charge in [-0.15, -0.1) is 0 Å². The van der Waals surface area contributed by atoms with E-state index < -0.39 is 23.8 Å². The number of hydrogen-bond donors (Lipinski definition) is 2. The van der Waals surface area contributed by atoms with Crippen LogP contribution in [0, 0.1) is 5.82 Å². The predicted molar refractivity (Wildman–Crippen MR) is 101 cm³/mol. The van der Waals surface area contributed by atoms with E-state index in [1.165, 1.54) is 31.2 Å². The maximum atomic E-state index is 12.9. The van der Waals surface area contributed by atoms with E-state index in [-0.39, 0.29) is 18.4 Å². The average Bonchev–Trinajstić information content (AvgIpc) is 2.68. The van der Waals surface area contributed by atoms with Gasteiger partial charge in [-0.3, -0.25) is 14.4 Å². The maximum absolute atomic E-state index is 12.9. The molecule has 1 aromatic heterocycles. The van der Waals surface area contributed by atoms with E-state index in [9.17, 15) is 18.8 Å². The second-order valence-electron chi connectivity index (χ2n) is 6.16. The molecule has 0 aliphatic carbocycles. The van der Waals surface area contributed by atoms with Crippen LogP contribution >= 0.6 is 0 Å². The van der Waals surface area contributed by atoms with E-state index in [0.29, 0.717) is 22.4 Å². The Kier molecular flexibility index (Phi) is 5.78. The highest BCUT2D eigenvalue weighted by Crippen LogP contribution is 2.10. The number of aromatic amines is 1. The van der Waals surface area contributed by atoms with Gasteiger partial charge in [0.1, 0.15) is 11.6 Å². The summed E-state index contributed by atoms with van der Waals surface area (Å²) in [6.07, 6.45) is -0.901. The average molecular weight is 383 g/mol. The molecule has 1 heterocycles. The summed E-state index contributed by atoms with van der Waals surface area (Å²) in [5.41, 5.74) is 0.662. The van der Waals surface area contributed by atoms with Crippen LogP contribution in [-0.2, 0) is 20.7 Å². The molecule has 3 rings (SSSR count). The number of rotatable bonds is 6. The monoisotopic (exact) mass is 383 g/mol. The summed E-state index contributed by atoms with van der Waals surface area (Å²) in [7, 11) is 0. The van der Waals surface area contributed by atoms with Gasteiger partial charge in [0.05, 0.1) is 17.3 Å². The summed E-state index contributed by atoms with van der Waals surface area (Å²) in [6.45, 7) is 1.44. The van der Waals surface area contributed by atoms with E-state index in [1.54, 1.807) is 24.3 Å². The third kappa shape index (κ3) is 4.79. The van der Waals surface area contributed by atoms with Crippen LogP contribution in [0.2, 0.25) is 0 Å². The molecule has 1 unspecified atom stereocenters. The lowest BCUT2D eigenvalue weighted by Gasteiger charge is -2.13. The Balaban J connectivity index is 1.54. The summed E-state index contributed by atoms with van der Waals surface area (Å²) in [6, 6.07) is 12.1. The standard InChI is InChI=1S/C20H18FN3O4/c1-12(19(26)22-14-8-6-13(21)7-9-14)28-18(25)11-10-17-23-16-5-3-2-4-15(16)20(27)24-17/h2-9,12H,10-11H2,1H3,(H,22,26)(H,23,24,27). The third-order valence-corrected chi connectivity index (χ3v) is 4.02. The predicted octanol–water partition coefficient (Wildman–Crippen LogP) is 2.57. The van der Waals surface area contributed by atoms with Crippen molar-refractivity contribution in [1.82, 2.24) is 9.97 Å². The number of carbonyl (C=O) groups is 2. The Hall–Kier alpha value is -3.55. The summed E-state index contributed by atoms with van der Waals surface area (Å²) in [5, 5.41) is 3.01. The number of esters is 1. The van der Waals surface area contributed by atoms with E-state index in [1.807, 2.05) is 0 Å². The highest BCUT2D eigenvalue weighted by atomic mass is 19.1. The molecule has 1 atom stereocenters. The molecule has 8 heteroatoms. The lowest BCUT2D eigenvalue weighted by molar-refractivity contribution is -0.153. The number of hydrogen-bond acceptors (Lipinski definition) is 5. The van der Waals surface area contributed by atoms with Gasteiger partial charge >= 0.3 is 5.97 Å². The minimum Gasteiger partial charge on any atom is -0.453 e. The SMILES string of the molecule is CC(OC(=O)CCc1nc2ccccc2c(=O)[nH]1)C(=O)Nc1ccc(F)cc1. The number of fused-ring (bicyclic) bond motifs is 1. The van der Waals surface area contributed by atoms with Crippen molar-refractivity contribution in [3.05, 3.63) is 70.5 Å². The molecule has 0 radical (unpaired) electrons. The van der Waals surface area contributed by atoms with Gasteiger partial charge < -0.3 is 15.0 Å². The van der Waals surface area contributed by atoms with Crippen LogP contribution in [0.5, 0.6) is 0 Å². The number of anilines is 1. The van der Waals surface area contributed by atoms with Crippen LogP contribution < -0.4 is 10.9 Å². The number of H-pyrrole nitrogens is 1.